The van der Waals surface area contributed by atoms with E-state index in [0.29, 0.717) is 19.3 Å². The summed E-state index contributed by atoms with van der Waals surface area (Å²) in [5.74, 6) is -0.982. The minimum Gasteiger partial charge on any atom is -0.462 e. The highest BCUT2D eigenvalue weighted by Crippen LogP contribution is 2.15. The maximum atomic E-state index is 12.8. The van der Waals surface area contributed by atoms with Crippen LogP contribution in [-0.4, -0.2) is 37.2 Å². The number of hydrogen-bond donors (Lipinski definition) is 0. The second-order valence-corrected chi connectivity index (χ2v) is 17.9. The lowest BCUT2D eigenvalue weighted by Gasteiger charge is -2.18. The molecule has 0 aromatic carbocycles. The summed E-state index contributed by atoms with van der Waals surface area (Å²) in [4.78, 5) is 38.1. The van der Waals surface area contributed by atoms with Gasteiger partial charge in [0.15, 0.2) is 6.10 Å². The lowest BCUT2D eigenvalue weighted by Crippen LogP contribution is -2.30. The van der Waals surface area contributed by atoms with Gasteiger partial charge in [-0.05, 0) is 77.0 Å². The van der Waals surface area contributed by atoms with E-state index in [2.05, 4.69) is 99.8 Å². The van der Waals surface area contributed by atoms with E-state index in [-0.39, 0.29) is 37.5 Å². The lowest BCUT2D eigenvalue weighted by molar-refractivity contribution is -0.167. The second-order valence-electron chi connectivity index (χ2n) is 17.9. The first kappa shape index (κ1) is 62.3. The highest BCUT2D eigenvalue weighted by molar-refractivity contribution is 5.71. The molecule has 0 amide bonds. The van der Waals surface area contributed by atoms with Crippen molar-refractivity contribution in [3.8, 4) is 0 Å². The minimum atomic E-state index is -0.809. The van der Waals surface area contributed by atoms with Crippen molar-refractivity contribution in [3.63, 3.8) is 0 Å². The molecule has 1 unspecified atom stereocenters. The Labute approximate surface area is 407 Å². The number of carbonyl (C=O) groups excluding carboxylic acids is 3. The van der Waals surface area contributed by atoms with Crippen LogP contribution in [0.4, 0.5) is 0 Å². The van der Waals surface area contributed by atoms with Gasteiger partial charge in [-0.3, -0.25) is 14.4 Å². The Bertz CT molecular complexity index is 1330. The van der Waals surface area contributed by atoms with Gasteiger partial charge in [0, 0.05) is 19.3 Å². The van der Waals surface area contributed by atoms with E-state index in [1.54, 1.807) is 0 Å². The van der Waals surface area contributed by atoms with Crippen LogP contribution in [0.25, 0.3) is 0 Å². The number of ether oxygens (including phenoxy) is 3. The molecule has 0 bridgehead atoms. The zero-order chi connectivity index (χ0) is 47.9. The van der Waals surface area contributed by atoms with Crippen LogP contribution < -0.4 is 0 Å². The van der Waals surface area contributed by atoms with Gasteiger partial charge in [0.1, 0.15) is 13.2 Å². The van der Waals surface area contributed by atoms with Crippen molar-refractivity contribution < 1.29 is 28.6 Å². The van der Waals surface area contributed by atoms with Gasteiger partial charge >= 0.3 is 17.9 Å². The van der Waals surface area contributed by atoms with Crippen LogP contribution in [0.2, 0.25) is 0 Å². The summed E-state index contributed by atoms with van der Waals surface area (Å²) in [7, 11) is 0. The highest BCUT2D eigenvalue weighted by Gasteiger charge is 2.19. The molecule has 1 atom stereocenters. The molecule has 0 saturated heterocycles. The summed E-state index contributed by atoms with van der Waals surface area (Å²) in [5.41, 5.74) is 0. The maximum absolute atomic E-state index is 12.8. The summed E-state index contributed by atoms with van der Waals surface area (Å²) < 4.78 is 16.8. The van der Waals surface area contributed by atoms with Crippen molar-refractivity contribution in [1.29, 1.82) is 0 Å². The van der Waals surface area contributed by atoms with E-state index < -0.39 is 6.10 Å². The fourth-order valence-corrected chi connectivity index (χ4v) is 7.33. The van der Waals surface area contributed by atoms with Gasteiger partial charge in [-0.1, -0.05) is 246 Å². The van der Waals surface area contributed by atoms with E-state index in [9.17, 15) is 14.4 Å². The first-order valence-electron chi connectivity index (χ1n) is 27.3. The van der Waals surface area contributed by atoms with Gasteiger partial charge in [0.05, 0.1) is 0 Å². The predicted octanol–water partition coefficient (Wildman–Crippen LogP) is 18.1. The Morgan fingerprint density at radius 2 is 0.667 bits per heavy atom. The van der Waals surface area contributed by atoms with Gasteiger partial charge in [-0.15, -0.1) is 0 Å². The quantitative estimate of drug-likeness (QED) is 0.0199. The number of esters is 3. The lowest BCUT2D eigenvalue weighted by atomic mass is 10.0. The highest BCUT2D eigenvalue weighted by atomic mass is 16.6. The molecule has 0 aliphatic heterocycles. The molecule has 6 nitrogen and oxygen atoms in total. The molecule has 0 radical (unpaired) electrons. The van der Waals surface area contributed by atoms with E-state index in [1.807, 2.05) is 18.2 Å². The molecule has 0 spiro atoms. The number of rotatable bonds is 48. The van der Waals surface area contributed by atoms with E-state index in [4.69, 9.17) is 14.2 Å². The summed E-state index contributed by atoms with van der Waals surface area (Å²) in [6.07, 6.45) is 71.1. The van der Waals surface area contributed by atoms with Gasteiger partial charge < -0.3 is 14.2 Å². The Kier molecular flexibility index (Phi) is 50.9. The van der Waals surface area contributed by atoms with Crippen molar-refractivity contribution in [1.82, 2.24) is 0 Å². The molecular weight excluding hydrogens is 817 g/mol. The largest absolute Gasteiger partial charge is 0.462 e. The molecule has 0 aromatic rings. The smallest absolute Gasteiger partial charge is 0.306 e. The molecule has 0 fully saturated rings. The fourth-order valence-electron chi connectivity index (χ4n) is 7.33. The maximum Gasteiger partial charge on any atom is 0.306 e. The first-order valence-corrected chi connectivity index (χ1v) is 27.3. The summed E-state index contributed by atoms with van der Waals surface area (Å²) >= 11 is 0. The normalized spacial score (nSPS) is 12.8. The number of carbonyl (C=O) groups is 3. The summed E-state index contributed by atoms with van der Waals surface area (Å²) in [6, 6.07) is 0. The molecule has 0 heterocycles. The van der Waals surface area contributed by atoms with Crippen molar-refractivity contribution >= 4 is 17.9 Å². The molecule has 0 aliphatic carbocycles. The fraction of sp³-hybridized carbons (Fsp3) is 0.683. The monoisotopic (exact) mass is 917 g/mol. The average Bonchev–Trinajstić information content (AvgIpc) is 3.31. The third-order valence-electron chi connectivity index (χ3n) is 11.4. The Hall–Kier alpha value is -3.67. The number of allylic oxidation sites excluding steroid dienone is 16. The Morgan fingerprint density at radius 3 is 1.15 bits per heavy atom. The zero-order valence-electron chi connectivity index (χ0n) is 42.9. The molecular formula is C60H100O6. The summed E-state index contributed by atoms with van der Waals surface area (Å²) in [6.45, 7) is 6.41. The molecule has 0 saturated carbocycles. The average molecular weight is 917 g/mol. The van der Waals surface area contributed by atoms with Gasteiger partial charge in [0.2, 0.25) is 0 Å². The molecule has 0 aromatic heterocycles. The third kappa shape index (κ3) is 51.3. The predicted molar refractivity (Wildman–Crippen MR) is 284 cm³/mol. The first-order chi connectivity index (χ1) is 32.5. The van der Waals surface area contributed by atoms with Crippen LogP contribution in [0.1, 0.15) is 245 Å². The molecule has 0 N–H and O–H groups in total. The molecule has 0 rings (SSSR count). The Balaban J connectivity index is 4.50. The molecule has 6 heteroatoms. The molecule has 376 valence electrons. The van der Waals surface area contributed by atoms with E-state index in [1.165, 1.54) is 109 Å². The topological polar surface area (TPSA) is 78.9 Å². The minimum absolute atomic E-state index is 0.106. The molecule has 66 heavy (non-hydrogen) atoms. The van der Waals surface area contributed by atoms with Crippen LogP contribution in [0.15, 0.2) is 97.2 Å². The number of unbranched alkanes of at least 4 members (excludes halogenated alkanes) is 24. The van der Waals surface area contributed by atoms with Crippen molar-refractivity contribution in [3.05, 3.63) is 97.2 Å². The van der Waals surface area contributed by atoms with Crippen LogP contribution in [0, 0.1) is 0 Å². The Morgan fingerprint density at radius 1 is 0.333 bits per heavy atom. The molecule has 0 aliphatic rings. The van der Waals surface area contributed by atoms with E-state index >= 15 is 0 Å². The van der Waals surface area contributed by atoms with Crippen molar-refractivity contribution in [2.45, 2.75) is 252 Å². The zero-order valence-corrected chi connectivity index (χ0v) is 42.9. The van der Waals surface area contributed by atoms with Gasteiger partial charge in [-0.2, -0.15) is 0 Å². The van der Waals surface area contributed by atoms with Gasteiger partial charge in [-0.25, -0.2) is 0 Å². The second kappa shape index (κ2) is 53.9. The number of hydrogen-bond acceptors (Lipinski definition) is 6. The van der Waals surface area contributed by atoms with Crippen LogP contribution in [-0.2, 0) is 28.6 Å². The standard InChI is InChI=1S/C60H100O6/c1-4-7-10-13-16-19-22-25-28-30-33-35-38-41-44-47-50-53-59(62)65-56-57(55-64-58(61)52-49-46-43-40-37-34-31-27-24-21-18-15-12-9-6-3)66-60(63)54-51-48-45-42-39-36-32-29-26-23-20-17-14-11-8-5-2/h9,12,15-16,18-19,21,24-25,27-28,31,33,35,41,44,57H,4-8,10-11,13-14,17,20,22-23,26,29-30,32,34,36-40,42-43,45-56H2,1-3H3/b12-9-,18-15-,19-16-,24-21-,28-25-,31-27-,35-33-,44-41-. The SMILES string of the molecule is CC\C=C/C=C\C=C/C=C\CCCCCCCC(=O)OCC(COC(=O)CCC/C=C\C/C=C\C/C=C\C/C=C\CCCCC)OC(=O)CCCCCCCCCCCCCCCCCC. The van der Waals surface area contributed by atoms with Crippen LogP contribution in [0.3, 0.4) is 0 Å². The van der Waals surface area contributed by atoms with Crippen molar-refractivity contribution in [2.24, 2.45) is 0 Å². The van der Waals surface area contributed by atoms with E-state index in [0.717, 1.165) is 89.9 Å². The van der Waals surface area contributed by atoms with Crippen LogP contribution in [0.5, 0.6) is 0 Å². The van der Waals surface area contributed by atoms with Crippen molar-refractivity contribution in [2.75, 3.05) is 13.2 Å². The van der Waals surface area contributed by atoms with Gasteiger partial charge in [0.25, 0.3) is 0 Å². The van der Waals surface area contributed by atoms with Crippen LogP contribution >= 0.6 is 0 Å². The third-order valence-corrected chi connectivity index (χ3v) is 11.4. The summed E-state index contributed by atoms with van der Waals surface area (Å²) in [5, 5.41) is 0.